The molecule has 2 N–H and O–H groups in total. The zero-order chi connectivity index (χ0) is 17.7. The maximum absolute atomic E-state index is 12.8. The van der Waals surface area contributed by atoms with Gasteiger partial charge in [-0.2, -0.15) is 0 Å². The molecule has 1 saturated heterocycles. The Kier molecular flexibility index (Phi) is 5.56. The molecule has 1 unspecified atom stereocenters. The number of hydrogen-bond acceptors (Lipinski definition) is 4. The lowest BCUT2D eigenvalue weighted by atomic mass is 9.82. The van der Waals surface area contributed by atoms with Crippen LogP contribution in [0.2, 0.25) is 0 Å². The van der Waals surface area contributed by atoms with Crippen molar-refractivity contribution < 1.29 is 14.3 Å². The second-order valence-corrected chi connectivity index (χ2v) is 6.90. The Morgan fingerprint density at radius 1 is 1.28 bits per heavy atom. The lowest BCUT2D eigenvalue weighted by Crippen LogP contribution is -2.43. The van der Waals surface area contributed by atoms with E-state index in [9.17, 15) is 9.90 Å². The molecule has 0 saturated carbocycles. The van der Waals surface area contributed by atoms with Gasteiger partial charge in [-0.05, 0) is 44.0 Å². The number of nitrogens with zero attached hydrogens (tertiary/aromatic N) is 1. The molecule has 2 heterocycles. The van der Waals surface area contributed by atoms with Crippen molar-refractivity contribution in [3.05, 3.63) is 59.5 Å². The lowest BCUT2D eigenvalue weighted by Gasteiger charge is -2.27. The Morgan fingerprint density at radius 3 is 2.76 bits per heavy atom. The standard InChI is InChI=1S/C20H26N2O3/c1-16-7-8-18(25-16)13-21-19(24)20(10-12-23)9-11-22(15-20)14-17-5-3-2-4-6-17/h2-8,23H,9-15H2,1H3,(H,21,24). The minimum Gasteiger partial charge on any atom is -0.465 e. The SMILES string of the molecule is Cc1ccc(CNC(=O)C2(CCO)CCN(Cc3ccccc3)C2)o1. The van der Waals surface area contributed by atoms with Crippen LogP contribution in [0.1, 0.15) is 29.9 Å². The molecule has 134 valence electrons. The van der Waals surface area contributed by atoms with Crippen LogP contribution < -0.4 is 5.32 Å². The van der Waals surface area contributed by atoms with Crippen LogP contribution in [0.15, 0.2) is 46.9 Å². The average Bonchev–Trinajstić information content (AvgIpc) is 3.21. The summed E-state index contributed by atoms with van der Waals surface area (Å²) >= 11 is 0. The first kappa shape index (κ1) is 17.7. The molecule has 1 aromatic heterocycles. The molecule has 0 radical (unpaired) electrons. The summed E-state index contributed by atoms with van der Waals surface area (Å²) in [6, 6.07) is 14.0. The first-order chi connectivity index (χ1) is 12.1. The van der Waals surface area contributed by atoms with Crippen molar-refractivity contribution in [2.75, 3.05) is 19.7 Å². The first-order valence-corrected chi connectivity index (χ1v) is 8.82. The molecule has 2 aromatic rings. The van der Waals surface area contributed by atoms with Gasteiger partial charge in [-0.1, -0.05) is 30.3 Å². The number of benzene rings is 1. The smallest absolute Gasteiger partial charge is 0.228 e. The van der Waals surface area contributed by atoms with Crippen LogP contribution in [0.5, 0.6) is 0 Å². The van der Waals surface area contributed by atoms with Gasteiger partial charge in [0.2, 0.25) is 5.91 Å². The summed E-state index contributed by atoms with van der Waals surface area (Å²) in [4.78, 5) is 15.1. The molecule has 1 atom stereocenters. The summed E-state index contributed by atoms with van der Waals surface area (Å²) in [5.41, 5.74) is 0.722. The molecule has 1 amide bonds. The number of hydrogen-bond donors (Lipinski definition) is 2. The van der Waals surface area contributed by atoms with E-state index >= 15 is 0 Å². The van der Waals surface area contributed by atoms with Crippen molar-refractivity contribution in [3.63, 3.8) is 0 Å². The Balaban J connectivity index is 1.62. The molecule has 1 aliphatic heterocycles. The molecule has 1 aliphatic rings. The quantitative estimate of drug-likeness (QED) is 0.811. The second-order valence-electron chi connectivity index (χ2n) is 6.90. The van der Waals surface area contributed by atoms with Crippen LogP contribution in [0.4, 0.5) is 0 Å². The highest BCUT2D eigenvalue weighted by atomic mass is 16.3. The first-order valence-electron chi connectivity index (χ1n) is 8.82. The van der Waals surface area contributed by atoms with Crippen molar-refractivity contribution in [2.24, 2.45) is 5.41 Å². The van der Waals surface area contributed by atoms with Gasteiger partial charge in [0.15, 0.2) is 0 Å². The topological polar surface area (TPSA) is 65.7 Å². The maximum atomic E-state index is 12.8. The summed E-state index contributed by atoms with van der Waals surface area (Å²) in [7, 11) is 0. The largest absolute Gasteiger partial charge is 0.465 e. The van der Waals surface area contributed by atoms with Gasteiger partial charge in [0.1, 0.15) is 11.5 Å². The number of furan rings is 1. The van der Waals surface area contributed by atoms with Gasteiger partial charge in [0.25, 0.3) is 0 Å². The van der Waals surface area contributed by atoms with Gasteiger partial charge in [-0.3, -0.25) is 9.69 Å². The van der Waals surface area contributed by atoms with Crippen molar-refractivity contribution in [1.29, 1.82) is 0 Å². The molecule has 25 heavy (non-hydrogen) atoms. The lowest BCUT2D eigenvalue weighted by molar-refractivity contribution is -0.131. The fourth-order valence-electron chi connectivity index (χ4n) is 3.59. The number of likely N-dealkylation sites (tertiary alicyclic amines) is 1. The third-order valence-corrected chi connectivity index (χ3v) is 4.97. The molecule has 3 rings (SSSR count). The molecule has 1 fully saturated rings. The number of aryl methyl sites for hydroxylation is 1. The normalized spacial score (nSPS) is 20.7. The van der Waals surface area contributed by atoms with E-state index in [0.717, 1.165) is 31.0 Å². The summed E-state index contributed by atoms with van der Waals surface area (Å²) in [5.74, 6) is 1.60. The zero-order valence-corrected chi connectivity index (χ0v) is 14.7. The minimum atomic E-state index is -0.523. The molecule has 0 spiro atoms. The van der Waals surface area contributed by atoms with E-state index in [0.29, 0.717) is 19.5 Å². The highest BCUT2D eigenvalue weighted by Gasteiger charge is 2.43. The van der Waals surface area contributed by atoms with E-state index in [4.69, 9.17) is 4.42 Å². The highest BCUT2D eigenvalue weighted by Crippen LogP contribution is 2.35. The number of aliphatic hydroxyl groups excluding tert-OH is 1. The molecule has 5 nitrogen and oxygen atoms in total. The van der Waals surface area contributed by atoms with Gasteiger partial charge >= 0.3 is 0 Å². The van der Waals surface area contributed by atoms with Crippen LogP contribution in [0.3, 0.4) is 0 Å². The van der Waals surface area contributed by atoms with Gasteiger partial charge < -0.3 is 14.8 Å². The number of nitrogens with one attached hydrogen (secondary N) is 1. The van der Waals surface area contributed by atoms with Crippen molar-refractivity contribution in [3.8, 4) is 0 Å². The van der Waals surface area contributed by atoms with Crippen LogP contribution in [0.25, 0.3) is 0 Å². The Bertz CT molecular complexity index is 698. The molecule has 5 heteroatoms. The predicted molar refractivity (Wildman–Crippen MR) is 95.8 cm³/mol. The van der Waals surface area contributed by atoms with Crippen molar-refractivity contribution in [1.82, 2.24) is 10.2 Å². The van der Waals surface area contributed by atoms with Crippen LogP contribution in [-0.2, 0) is 17.9 Å². The third-order valence-electron chi connectivity index (χ3n) is 4.97. The number of rotatable bonds is 7. The zero-order valence-electron chi connectivity index (χ0n) is 14.7. The third kappa shape index (κ3) is 4.30. The Labute approximate surface area is 148 Å². The van der Waals surface area contributed by atoms with E-state index in [1.807, 2.05) is 37.3 Å². The Morgan fingerprint density at radius 2 is 2.08 bits per heavy atom. The van der Waals surface area contributed by atoms with E-state index in [-0.39, 0.29) is 12.5 Å². The molecular weight excluding hydrogens is 316 g/mol. The monoisotopic (exact) mass is 342 g/mol. The second kappa shape index (κ2) is 7.85. The van der Waals surface area contributed by atoms with E-state index in [2.05, 4.69) is 22.3 Å². The predicted octanol–water partition coefficient (Wildman–Crippen LogP) is 2.48. The summed E-state index contributed by atoms with van der Waals surface area (Å²) in [6.45, 7) is 4.66. The highest BCUT2D eigenvalue weighted by molar-refractivity contribution is 5.83. The fraction of sp³-hybridized carbons (Fsp3) is 0.450. The molecule has 1 aromatic carbocycles. The Hall–Kier alpha value is -2.11. The van der Waals surface area contributed by atoms with E-state index in [1.54, 1.807) is 0 Å². The molecule has 0 bridgehead atoms. The van der Waals surface area contributed by atoms with Crippen molar-refractivity contribution >= 4 is 5.91 Å². The minimum absolute atomic E-state index is 0.00571. The molecule has 0 aliphatic carbocycles. The molecular formula is C20H26N2O3. The number of carbonyl (C=O) groups excluding carboxylic acids is 1. The van der Waals surface area contributed by atoms with Crippen LogP contribution in [0, 0.1) is 12.3 Å². The number of carbonyl (C=O) groups is 1. The maximum Gasteiger partial charge on any atom is 0.228 e. The fourth-order valence-corrected chi connectivity index (χ4v) is 3.59. The van der Waals surface area contributed by atoms with Crippen LogP contribution in [-0.4, -0.2) is 35.6 Å². The van der Waals surface area contributed by atoms with Gasteiger partial charge in [-0.15, -0.1) is 0 Å². The summed E-state index contributed by atoms with van der Waals surface area (Å²) in [5, 5.41) is 12.5. The summed E-state index contributed by atoms with van der Waals surface area (Å²) < 4.78 is 5.52. The van der Waals surface area contributed by atoms with Gasteiger partial charge in [0, 0.05) is 19.7 Å². The van der Waals surface area contributed by atoms with Gasteiger partial charge in [-0.25, -0.2) is 0 Å². The number of amides is 1. The van der Waals surface area contributed by atoms with Crippen LogP contribution >= 0.6 is 0 Å². The number of aliphatic hydroxyl groups is 1. The van der Waals surface area contributed by atoms with E-state index < -0.39 is 5.41 Å². The van der Waals surface area contributed by atoms with E-state index in [1.165, 1.54) is 5.56 Å². The summed E-state index contributed by atoms with van der Waals surface area (Å²) in [6.07, 6.45) is 1.25. The average molecular weight is 342 g/mol. The van der Waals surface area contributed by atoms with Gasteiger partial charge in [0.05, 0.1) is 12.0 Å². The van der Waals surface area contributed by atoms with Crippen molar-refractivity contribution in [2.45, 2.75) is 32.9 Å².